The van der Waals surface area contributed by atoms with Crippen molar-refractivity contribution in [3.05, 3.63) is 75.1 Å². The van der Waals surface area contributed by atoms with Gasteiger partial charge in [0.2, 0.25) is 11.8 Å². The van der Waals surface area contributed by atoms with Crippen LogP contribution in [0.1, 0.15) is 74.9 Å². The quantitative estimate of drug-likeness (QED) is 0.468. The van der Waals surface area contributed by atoms with Crippen LogP contribution in [0.4, 0.5) is 10.5 Å². The fourth-order valence-electron chi connectivity index (χ4n) is 5.88. The van der Waals surface area contributed by atoms with Crippen molar-refractivity contribution >= 4 is 34.5 Å². The van der Waals surface area contributed by atoms with Gasteiger partial charge in [0, 0.05) is 18.9 Å². The van der Waals surface area contributed by atoms with Gasteiger partial charge in [-0.1, -0.05) is 42.5 Å². The first-order valence-electron chi connectivity index (χ1n) is 14.2. The normalized spacial score (nSPS) is 18.4. The summed E-state index contributed by atoms with van der Waals surface area (Å²) >= 11 is 0. The van der Waals surface area contributed by atoms with Crippen molar-refractivity contribution in [2.45, 2.75) is 84.0 Å². The molecule has 5 rings (SSSR count). The topological polar surface area (TPSA) is 110 Å². The molecular weight excluding hydrogens is 520 g/mol. The summed E-state index contributed by atoms with van der Waals surface area (Å²) < 4.78 is 6.92. The molecular formula is C32H38N4O5. The molecule has 0 fully saturated rings. The second-order valence-electron chi connectivity index (χ2n) is 12.1. The van der Waals surface area contributed by atoms with E-state index >= 15 is 0 Å². The summed E-state index contributed by atoms with van der Waals surface area (Å²) in [6.07, 6.45) is 2.55. The molecule has 2 heterocycles. The molecule has 216 valence electrons. The number of amides is 3. The van der Waals surface area contributed by atoms with E-state index < -0.39 is 35.2 Å². The fraction of sp³-hybridized carbons (Fsp3) is 0.438. The maximum absolute atomic E-state index is 14.0. The monoisotopic (exact) mass is 558 g/mol. The minimum Gasteiger partial charge on any atom is -0.444 e. The Balaban J connectivity index is 1.45. The average Bonchev–Trinajstić information content (AvgIpc) is 3.33. The van der Waals surface area contributed by atoms with E-state index in [4.69, 9.17) is 4.74 Å². The number of rotatable bonds is 5. The highest BCUT2D eigenvalue weighted by atomic mass is 16.6. The van der Waals surface area contributed by atoms with Crippen LogP contribution in [-0.4, -0.2) is 46.1 Å². The summed E-state index contributed by atoms with van der Waals surface area (Å²) in [5, 5.41) is 6.78. The zero-order chi connectivity index (χ0) is 29.6. The van der Waals surface area contributed by atoms with E-state index in [0.717, 1.165) is 41.3 Å². The third-order valence-electron chi connectivity index (χ3n) is 8.18. The number of benzene rings is 2. The number of hydrogen-bond acceptors (Lipinski definition) is 5. The zero-order valence-corrected chi connectivity index (χ0v) is 24.5. The van der Waals surface area contributed by atoms with Crippen LogP contribution in [0.25, 0.3) is 10.9 Å². The largest absolute Gasteiger partial charge is 0.444 e. The van der Waals surface area contributed by atoms with Gasteiger partial charge in [0.1, 0.15) is 23.4 Å². The number of nitrogens with one attached hydrogen (secondary N) is 2. The number of hydrogen-bond donors (Lipinski definition) is 2. The lowest BCUT2D eigenvalue weighted by molar-refractivity contribution is -0.125. The summed E-state index contributed by atoms with van der Waals surface area (Å²) in [4.78, 5) is 54.8. The number of aryl methyl sites for hydroxylation is 2. The number of nitrogens with zero attached hydrogens (tertiary/aromatic N) is 2. The maximum atomic E-state index is 14.0. The molecule has 0 saturated carbocycles. The SMILES string of the molecule is Cc1c(NC(=O)[C@H](C)N(C)C(=O)OC(C)(C)C)c(=O)n2c3c(cccc13)C[C@H]2C(=O)N[C@@H]1CCCc2ccccc21. The molecule has 0 unspecified atom stereocenters. The molecule has 2 N–H and O–H groups in total. The molecule has 0 spiro atoms. The average molecular weight is 559 g/mol. The van der Waals surface area contributed by atoms with Gasteiger partial charge < -0.3 is 15.4 Å². The zero-order valence-electron chi connectivity index (χ0n) is 24.5. The van der Waals surface area contributed by atoms with Crippen LogP contribution in [0.2, 0.25) is 0 Å². The van der Waals surface area contributed by atoms with Crippen LogP contribution in [-0.2, 0) is 27.2 Å². The van der Waals surface area contributed by atoms with Gasteiger partial charge in [0.25, 0.3) is 5.56 Å². The van der Waals surface area contributed by atoms with Crippen LogP contribution < -0.4 is 16.2 Å². The predicted octanol–water partition coefficient (Wildman–Crippen LogP) is 4.79. The predicted molar refractivity (Wildman–Crippen MR) is 158 cm³/mol. The highest BCUT2D eigenvalue weighted by Gasteiger charge is 2.35. The van der Waals surface area contributed by atoms with Gasteiger partial charge >= 0.3 is 6.09 Å². The van der Waals surface area contributed by atoms with Gasteiger partial charge in [-0.25, -0.2) is 4.79 Å². The smallest absolute Gasteiger partial charge is 0.410 e. The highest BCUT2D eigenvalue weighted by Crippen LogP contribution is 2.36. The number of likely N-dealkylation sites (N-methyl/N-ethyl adjacent to an activating group) is 1. The van der Waals surface area contributed by atoms with Gasteiger partial charge in [-0.3, -0.25) is 23.9 Å². The lowest BCUT2D eigenvalue weighted by Crippen LogP contribution is -2.46. The summed E-state index contributed by atoms with van der Waals surface area (Å²) in [7, 11) is 1.48. The molecule has 3 aromatic rings. The summed E-state index contributed by atoms with van der Waals surface area (Å²) in [6, 6.07) is 12.1. The minimum absolute atomic E-state index is 0.104. The second kappa shape index (κ2) is 10.7. The molecule has 9 heteroatoms. The first kappa shape index (κ1) is 28.4. The Hall–Kier alpha value is -4.14. The van der Waals surface area contributed by atoms with E-state index in [1.54, 1.807) is 34.6 Å². The van der Waals surface area contributed by atoms with Crippen molar-refractivity contribution in [1.82, 2.24) is 14.8 Å². The Bertz CT molecular complexity index is 1600. The standard InChI is InChI=1S/C32H38N4O5/c1-18-22-15-9-13-21-17-25(29(38)33-24-16-10-12-20-11-7-8-14-23(20)24)36(27(21)22)30(39)26(18)34-28(37)19(2)35(6)31(40)41-32(3,4)5/h7-9,11,13-15,19,24-25H,10,12,16-17H2,1-6H3,(H,33,38)(H,34,37)/t19-,24+,25-/m0/s1. The Morgan fingerprint density at radius 3 is 2.51 bits per heavy atom. The number of para-hydroxylation sites is 1. The molecule has 3 atom stereocenters. The Morgan fingerprint density at radius 1 is 1.07 bits per heavy atom. The molecule has 2 aromatic carbocycles. The van der Waals surface area contributed by atoms with E-state index in [-0.39, 0.29) is 17.6 Å². The summed E-state index contributed by atoms with van der Waals surface area (Å²) in [5.41, 5.74) is 3.57. The Labute approximate surface area is 239 Å². The summed E-state index contributed by atoms with van der Waals surface area (Å²) in [6.45, 7) is 8.61. The molecule has 41 heavy (non-hydrogen) atoms. The minimum atomic E-state index is -0.908. The molecule has 3 amide bonds. The van der Waals surface area contributed by atoms with Gasteiger partial charge in [-0.2, -0.15) is 0 Å². The molecule has 2 aliphatic rings. The molecule has 1 aromatic heterocycles. The molecule has 1 aliphatic carbocycles. The van der Waals surface area contributed by atoms with Crippen LogP contribution in [0.15, 0.2) is 47.3 Å². The molecule has 1 aliphatic heterocycles. The van der Waals surface area contributed by atoms with E-state index in [2.05, 4.69) is 22.8 Å². The number of carbonyl (C=O) groups excluding carboxylic acids is 3. The lowest BCUT2D eigenvalue weighted by atomic mass is 9.87. The first-order valence-corrected chi connectivity index (χ1v) is 14.2. The van der Waals surface area contributed by atoms with E-state index in [0.29, 0.717) is 12.0 Å². The van der Waals surface area contributed by atoms with Crippen molar-refractivity contribution in [1.29, 1.82) is 0 Å². The molecule has 0 radical (unpaired) electrons. The lowest BCUT2D eigenvalue weighted by Gasteiger charge is -2.28. The number of carbonyl (C=O) groups is 3. The van der Waals surface area contributed by atoms with Gasteiger partial charge in [-0.15, -0.1) is 0 Å². The number of aromatic nitrogens is 1. The highest BCUT2D eigenvalue weighted by molar-refractivity contribution is 6.00. The van der Waals surface area contributed by atoms with Crippen LogP contribution in [0.3, 0.4) is 0 Å². The fourth-order valence-corrected chi connectivity index (χ4v) is 5.88. The van der Waals surface area contributed by atoms with Crippen molar-refractivity contribution in [2.75, 3.05) is 12.4 Å². The van der Waals surface area contributed by atoms with Gasteiger partial charge in [0.05, 0.1) is 11.6 Å². The van der Waals surface area contributed by atoms with E-state index in [1.165, 1.54) is 22.1 Å². The van der Waals surface area contributed by atoms with Crippen LogP contribution in [0, 0.1) is 6.92 Å². The number of anilines is 1. The third kappa shape index (κ3) is 5.33. The third-order valence-corrected chi connectivity index (χ3v) is 8.18. The van der Waals surface area contributed by atoms with Crippen molar-refractivity contribution in [2.24, 2.45) is 0 Å². The molecule has 0 bridgehead atoms. The van der Waals surface area contributed by atoms with Crippen LogP contribution in [0.5, 0.6) is 0 Å². The van der Waals surface area contributed by atoms with Gasteiger partial charge in [0.15, 0.2) is 0 Å². The second-order valence-corrected chi connectivity index (χ2v) is 12.1. The Morgan fingerprint density at radius 2 is 1.78 bits per heavy atom. The van der Waals surface area contributed by atoms with Crippen LogP contribution >= 0.6 is 0 Å². The maximum Gasteiger partial charge on any atom is 0.410 e. The van der Waals surface area contributed by atoms with Gasteiger partial charge in [-0.05, 0) is 76.1 Å². The molecule has 0 saturated heterocycles. The summed E-state index contributed by atoms with van der Waals surface area (Å²) in [5.74, 6) is -0.745. The number of fused-ring (bicyclic) bond motifs is 1. The van der Waals surface area contributed by atoms with E-state index in [9.17, 15) is 19.2 Å². The van der Waals surface area contributed by atoms with Crippen molar-refractivity contribution in [3.8, 4) is 0 Å². The Kier molecular flexibility index (Phi) is 7.40. The number of pyridine rings is 1. The van der Waals surface area contributed by atoms with E-state index in [1.807, 2.05) is 30.3 Å². The molecule has 9 nitrogen and oxygen atoms in total. The first-order chi connectivity index (χ1) is 19.4. The number of ether oxygens (including phenoxy) is 1. The van der Waals surface area contributed by atoms with Crippen molar-refractivity contribution < 1.29 is 19.1 Å². The van der Waals surface area contributed by atoms with Crippen molar-refractivity contribution in [3.63, 3.8) is 0 Å².